The molecule has 30 heavy (non-hydrogen) atoms. The SMILES string of the molecule is O=C1[C@@H]2[C@H]3C[C@@H]([C@@H]4ON=C(c5cccc([N+](=O)[O-])c5)[C@@H]34)[C@H]2C(=O)N1c1ccccc1. The van der Waals surface area contributed by atoms with Crippen LogP contribution in [0.4, 0.5) is 11.4 Å². The van der Waals surface area contributed by atoms with Gasteiger partial charge < -0.3 is 4.84 Å². The summed E-state index contributed by atoms with van der Waals surface area (Å²) in [5.74, 6) is -1.36. The van der Waals surface area contributed by atoms with Crippen LogP contribution in [0.25, 0.3) is 0 Å². The van der Waals surface area contributed by atoms with E-state index in [9.17, 15) is 19.7 Å². The van der Waals surface area contributed by atoms with Gasteiger partial charge in [0.25, 0.3) is 5.69 Å². The maximum Gasteiger partial charge on any atom is 0.270 e. The molecule has 2 saturated carbocycles. The first-order valence-corrected chi connectivity index (χ1v) is 9.97. The van der Waals surface area contributed by atoms with Gasteiger partial charge in [0.05, 0.1) is 28.2 Å². The Labute approximate surface area is 171 Å². The van der Waals surface area contributed by atoms with E-state index in [-0.39, 0.29) is 47.3 Å². The van der Waals surface area contributed by atoms with Crippen molar-refractivity contribution in [3.63, 3.8) is 0 Å². The number of nitrogens with zero attached hydrogens (tertiary/aromatic N) is 3. The minimum Gasteiger partial charge on any atom is -0.391 e. The zero-order chi connectivity index (χ0) is 20.6. The van der Waals surface area contributed by atoms with Crippen LogP contribution in [0.15, 0.2) is 59.8 Å². The molecule has 0 aromatic heterocycles. The molecule has 1 saturated heterocycles. The van der Waals surface area contributed by atoms with Crippen LogP contribution in [0.3, 0.4) is 0 Å². The number of carbonyl (C=O) groups excluding carboxylic acids is 2. The van der Waals surface area contributed by atoms with Crippen LogP contribution >= 0.6 is 0 Å². The van der Waals surface area contributed by atoms with Crippen molar-refractivity contribution in [1.29, 1.82) is 0 Å². The van der Waals surface area contributed by atoms with Gasteiger partial charge in [-0.1, -0.05) is 35.5 Å². The topological polar surface area (TPSA) is 102 Å². The average molecular weight is 403 g/mol. The molecule has 150 valence electrons. The molecular weight excluding hydrogens is 386 g/mol. The molecule has 0 radical (unpaired) electrons. The molecule has 2 aromatic rings. The molecule has 2 aliphatic heterocycles. The van der Waals surface area contributed by atoms with E-state index in [4.69, 9.17) is 4.84 Å². The summed E-state index contributed by atoms with van der Waals surface area (Å²) in [5, 5.41) is 15.4. The lowest BCUT2D eigenvalue weighted by atomic mass is 9.71. The summed E-state index contributed by atoms with van der Waals surface area (Å²) in [6.07, 6.45) is 0.469. The first-order chi connectivity index (χ1) is 14.6. The molecule has 6 rings (SSSR count). The molecular formula is C22H17N3O5. The number of rotatable bonds is 3. The second kappa shape index (κ2) is 5.98. The van der Waals surface area contributed by atoms with Crippen molar-refractivity contribution in [1.82, 2.24) is 0 Å². The van der Waals surface area contributed by atoms with Gasteiger partial charge in [-0.2, -0.15) is 0 Å². The van der Waals surface area contributed by atoms with Crippen molar-refractivity contribution in [3.05, 3.63) is 70.3 Å². The van der Waals surface area contributed by atoms with Crippen LogP contribution in [0, 0.1) is 39.7 Å². The number of benzene rings is 2. The summed E-state index contributed by atoms with van der Waals surface area (Å²) in [5.41, 5.74) is 1.87. The highest BCUT2D eigenvalue weighted by Gasteiger charge is 2.70. The van der Waals surface area contributed by atoms with Gasteiger partial charge in [-0.05, 0) is 24.5 Å². The lowest BCUT2D eigenvalue weighted by Crippen LogP contribution is -2.41. The molecule has 2 amide bonds. The molecule has 6 atom stereocenters. The summed E-state index contributed by atoms with van der Waals surface area (Å²) < 4.78 is 0. The molecule has 3 fully saturated rings. The van der Waals surface area contributed by atoms with Gasteiger partial charge in [-0.3, -0.25) is 24.6 Å². The highest BCUT2D eigenvalue weighted by Crippen LogP contribution is 2.62. The number of amides is 2. The summed E-state index contributed by atoms with van der Waals surface area (Å²) >= 11 is 0. The van der Waals surface area contributed by atoms with Crippen LogP contribution in [0.5, 0.6) is 0 Å². The van der Waals surface area contributed by atoms with Gasteiger partial charge in [0.15, 0.2) is 0 Å². The first-order valence-electron chi connectivity index (χ1n) is 9.97. The van der Waals surface area contributed by atoms with E-state index < -0.39 is 10.8 Å². The standard InChI is InChI=1S/C22H17N3O5/c26-21-16-14-10-15(17(16)22(27)24(21)12-6-2-1-3-7-12)20-18(14)19(23-30-20)11-5-4-8-13(9-11)25(28)29/h1-9,14-18,20H,10H2/t14-,15-,16-,17-,18-,20+/m1/s1. The second-order valence-electron chi connectivity index (χ2n) is 8.34. The molecule has 0 N–H and O–H groups in total. The zero-order valence-electron chi connectivity index (χ0n) is 15.8. The van der Waals surface area contributed by atoms with E-state index >= 15 is 0 Å². The van der Waals surface area contributed by atoms with Crippen LogP contribution in [-0.4, -0.2) is 28.6 Å². The van der Waals surface area contributed by atoms with Gasteiger partial charge in [0, 0.05) is 29.5 Å². The van der Waals surface area contributed by atoms with Crippen molar-refractivity contribution in [2.75, 3.05) is 4.90 Å². The highest BCUT2D eigenvalue weighted by atomic mass is 16.6. The lowest BCUT2D eigenvalue weighted by Gasteiger charge is -2.29. The Morgan fingerprint density at radius 3 is 2.43 bits per heavy atom. The third-order valence-corrected chi connectivity index (χ3v) is 7.06. The summed E-state index contributed by atoms with van der Waals surface area (Å²) in [6, 6.07) is 15.3. The van der Waals surface area contributed by atoms with Crippen LogP contribution in [0.1, 0.15) is 12.0 Å². The number of hydrogen-bond donors (Lipinski definition) is 0. The first kappa shape index (κ1) is 17.3. The van der Waals surface area contributed by atoms with Gasteiger partial charge in [-0.15, -0.1) is 0 Å². The number of imide groups is 1. The van der Waals surface area contributed by atoms with Gasteiger partial charge in [-0.25, -0.2) is 0 Å². The Balaban J connectivity index is 1.35. The van der Waals surface area contributed by atoms with Gasteiger partial charge in [0.1, 0.15) is 6.10 Å². The third-order valence-electron chi connectivity index (χ3n) is 7.06. The number of para-hydroxylation sites is 1. The van der Waals surface area contributed by atoms with Crippen molar-refractivity contribution >= 4 is 28.9 Å². The minimum atomic E-state index is -0.439. The molecule has 0 spiro atoms. The molecule has 2 aromatic carbocycles. The average Bonchev–Trinajstić information content (AvgIpc) is 3.49. The highest BCUT2D eigenvalue weighted by molar-refractivity contribution is 6.23. The van der Waals surface area contributed by atoms with Crippen LogP contribution in [-0.2, 0) is 14.4 Å². The van der Waals surface area contributed by atoms with Crippen molar-refractivity contribution < 1.29 is 19.3 Å². The Morgan fingerprint density at radius 2 is 1.70 bits per heavy atom. The molecule has 2 bridgehead atoms. The van der Waals surface area contributed by atoms with E-state index in [0.29, 0.717) is 17.0 Å². The van der Waals surface area contributed by atoms with E-state index in [1.54, 1.807) is 24.3 Å². The molecule has 2 aliphatic carbocycles. The van der Waals surface area contributed by atoms with Crippen LogP contribution < -0.4 is 4.90 Å². The lowest BCUT2D eigenvalue weighted by molar-refractivity contribution is -0.384. The Bertz CT molecular complexity index is 1130. The molecule has 2 heterocycles. The maximum absolute atomic E-state index is 13.3. The number of nitro benzene ring substituents is 1. The van der Waals surface area contributed by atoms with Gasteiger partial charge >= 0.3 is 0 Å². The Morgan fingerprint density at radius 1 is 0.967 bits per heavy atom. The fraction of sp³-hybridized carbons (Fsp3) is 0.318. The zero-order valence-corrected chi connectivity index (χ0v) is 15.8. The summed E-state index contributed by atoms with van der Waals surface area (Å²) in [4.78, 5) is 44.3. The van der Waals surface area contributed by atoms with Crippen molar-refractivity contribution in [2.24, 2.45) is 34.7 Å². The van der Waals surface area contributed by atoms with E-state index in [1.807, 2.05) is 18.2 Å². The Kier molecular flexibility index (Phi) is 3.45. The van der Waals surface area contributed by atoms with Crippen molar-refractivity contribution in [3.8, 4) is 0 Å². The number of hydrogen-bond acceptors (Lipinski definition) is 6. The fourth-order valence-corrected chi connectivity index (χ4v) is 5.97. The number of non-ortho nitro benzene ring substituents is 1. The number of anilines is 1. The molecule has 8 nitrogen and oxygen atoms in total. The Hall–Kier alpha value is -3.55. The smallest absolute Gasteiger partial charge is 0.270 e. The monoisotopic (exact) mass is 403 g/mol. The minimum absolute atomic E-state index is 0.0120. The molecule has 8 heteroatoms. The number of nitro groups is 1. The molecule has 4 aliphatic rings. The summed E-state index contributed by atoms with van der Waals surface area (Å²) in [7, 11) is 0. The fourth-order valence-electron chi connectivity index (χ4n) is 5.97. The second-order valence-corrected chi connectivity index (χ2v) is 8.34. The number of fused-ring (bicyclic) bond motifs is 8. The normalized spacial score (nSPS) is 33.3. The van der Waals surface area contributed by atoms with Crippen LogP contribution in [0.2, 0.25) is 0 Å². The maximum atomic E-state index is 13.3. The van der Waals surface area contributed by atoms with E-state index in [0.717, 1.165) is 6.42 Å². The predicted molar refractivity (Wildman–Crippen MR) is 106 cm³/mol. The molecule has 0 unspecified atom stereocenters. The largest absolute Gasteiger partial charge is 0.391 e. The number of carbonyl (C=O) groups is 2. The van der Waals surface area contributed by atoms with E-state index in [1.165, 1.54) is 17.0 Å². The summed E-state index contributed by atoms with van der Waals surface area (Å²) in [6.45, 7) is 0. The van der Waals surface area contributed by atoms with Crippen molar-refractivity contribution in [2.45, 2.75) is 12.5 Å². The van der Waals surface area contributed by atoms with E-state index in [2.05, 4.69) is 5.16 Å². The third kappa shape index (κ3) is 2.13. The quantitative estimate of drug-likeness (QED) is 0.445. The van der Waals surface area contributed by atoms with Gasteiger partial charge in [0.2, 0.25) is 11.8 Å². The number of oxime groups is 1. The predicted octanol–water partition coefficient (Wildman–Crippen LogP) is 2.77.